The first-order valence-corrected chi connectivity index (χ1v) is 4.20. The number of nitrogens with zero attached hydrogens (tertiary/aromatic N) is 1. The maximum atomic E-state index is 8.38. The van der Waals surface area contributed by atoms with Gasteiger partial charge in [-0.2, -0.15) is 5.26 Å². The van der Waals surface area contributed by atoms with E-state index in [4.69, 9.17) is 11.0 Å². The van der Waals surface area contributed by atoms with Crippen LogP contribution in [0.3, 0.4) is 0 Å². The van der Waals surface area contributed by atoms with E-state index in [9.17, 15) is 0 Å². The van der Waals surface area contributed by atoms with Crippen LogP contribution in [0.2, 0.25) is 0 Å². The molecule has 0 heterocycles. The Morgan fingerprint density at radius 2 is 2.38 bits per heavy atom. The van der Waals surface area contributed by atoms with Gasteiger partial charge in [-0.15, -0.1) is 0 Å². The first-order chi connectivity index (χ1) is 6.24. The maximum Gasteiger partial charge on any atom is 0.0845 e. The second-order valence-electron chi connectivity index (χ2n) is 2.93. The lowest BCUT2D eigenvalue weighted by molar-refractivity contribution is 0.621. The third kappa shape index (κ3) is 2.77. The lowest BCUT2D eigenvalue weighted by Gasteiger charge is -2.11. The van der Waals surface area contributed by atoms with Gasteiger partial charge < -0.3 is 5.73 Å². The molecule has 0 aromatic heterocycles. The van der Waals surface area contributed by atoms with Crippen molar-refractivity contribution in [3.8, 4) is 6.07 Å². The van der Waals surface area contributed by atoms with Gasteiger partial charge in [-0.3, -0.25) is 5.32 Å². The highest BCUT2D eigenvalue weighted by molar-refractivity contribution is 5.41. The number of nitrogens with two attached hydrogens (primary N) is 1. The lowest BCUT2D eigenvalue weighted by Crippen LogP contribution is -2.18. The summed E-state index contributed by atoms with van der Waals surface area (Å²) >= 11 is 0. The summed E-state index contributed by atoms with van der Waals surface area (Å²) in [4.78, 5) is 0. The van der Waals surface area contributed by atoms with Crippen molar-refractivity contribution in [1.82, 2.24) is 5.32 Å². The van der Waals surface area contributed by atoms with E-state index in [1.165, 1.54) is 0 Å². The number of nitrogens with one attached hydrogen (secondary N) is 1. The first-order valence-electron chi connectivity index (χ1n) is 4.20. The minimum Gasteiger partial charge on any atom is -0.399 e. The largest absolute Gasteiger partial charge is 0.399 e. The highest BCUT2D eigenvalue weighted by Crippen LogP contribution is 2.14. The van der Waals surface area contributed by atoms with Crippen LogP contribution in [0.15, 0.2) is 24.3 Å². The molecule has 0 bridgehead atoms. The molecular weight excluding hydrogens is 162 g/mol. The number of hydrogen-bond acceptors (Lipinski definition) is 3. The Hall–Kier alpha value is -1.53. The molecule has 13 heavy (non-hydrogen) atoms. The van der Waals surface area contributed by atoms with Crippen LogP contribution in [-0.4, -0.2) is 6.54 Å². The smallest absolute Gasteiger partial charge is 0.0845 e. The predicted octanol–water partition coefficient (Wildman–Crippen LogP) is 1.44. The van der Waals surface area contributed by atoms with Crippen molar-refractivity contribution >= 4 is 5.69 Å². The molecule has 0 fully saturated rings. The van der Waals surface area contributed by atoms with Gasteiger partial charge in [0.25, 0.3) is 0 Å². The predicted molar refractivity (Wildman–Crippen MR) is 52.9 cm³/mol. The Morgan fingerprint density at radius 3 is 3.00 bits per heavy atom. The Labute approximate surface area is 78.2 Å². The topological polar surface area (TPSA) is 61.8 Å². The molecule has 0 aliphatic carbocycles. The van der Waals surface area contributed by atoms with Gasteiger partial charge in [0.15, 0.2) is 0 Å². The molecule has 1 atom stereocenters. The number of rotatable bonds is 3. The summed E-state index contributed by atoms with van der Waals surface area (Å²) in [5.74, 6) is 0. The second-order valence-corrected chi connectivity index (χ2v) is 2.93. The maximum absolute atomic E-state index is 8.38. The molecule has 0 saturated carbocycles. The molecule has 68 valence electrons. The van der Waals surface area contributed by atoms with Gasteiger partial charge in [0.2, 0.25) is 0 Å². The number of nitriles is 1. The van der Waals surface area contributed by atoms with E-state index in [0.717, 1.165) is 11.3 Å². The van der Waals surface area contributed by atoms with E-state index in [0.29, 0.717) is 6.54 Å². The molecule has 3 N–H and O–H groups in total. The van der Waals surface area contributed by atoms with E-state index < -0.39 is 0 Å². The van der Waals surface area contributed by atoms with Gasteiger partial charge in [-0.05, 0) is 24.6 Å². The van der Waals surface area contributed by atoms with Gasteiger partial charge >= 0.3 is 0 Å². The summed E-state index contributed by atoms with van der Waals surface area (Å²) in [5.41, 5.74) is 7.49. The van der Waals surface area contributed by atoms with E-state index >= 15 is 0 Å². The molecule has 1 rings (SSSR count). The third-order valence-electron chi connectivity index (χ3n) is 1.90. The van der Waals surface area contributed by atoms with Crippen LogP contribution in [0.1, 0.15) is 18.5 Å². The fraction of sp³-hybridized carbons (Fsp3) is 0.300. The van der Waals surface area contributed by atoms with Crippen molar-refractivity contribution in [3.63, 3.8) is 0 Å². The molecule has 1 aromatic rings. The van der Waals surface area contributed by atoms with Gasteiger partial charge in [0.1, 0.15) is 0 Å². The minimum absolute atomic E-state index is 0.170. The van der Waals surface area contributed by atoms with E-state index in [1.54, 1.807) is 0 Å². The monoisotopic (exact) mass is 175 g/mol. The van der Waals surface area contributed by atoms with Crippen LogP contribution < -0.4 is 11.1 Å². The minimum atomic E-state index is 0.170. The summed E-state index contributed by atoms with van der Waals surface area (Å²) in [6.45, 7) is 2.36. The molecule has 3 nitrogen and oxygen atoms in total. The fourth-order valence-corrected chi connectivity index (χ4v) is 1.14. The summed E-state index contributed by atoms with van der Waals surface area (Å²) in [5, 5.41) is 11.4. The summed E-state index contributed by atoms with van der Waals surface area (Å²) in [6, 6.07) is 9.87. The highest BCUT2D eigenvalue weighted by atomic mass is 14.9. The van der Waals surface area contributed by atoms with E-state index in [2.05, 4.69) is 5.32 Å². The second kappa shape index (κ2) is 4.48. The SMILES string of the molecule is CC(NCC#N)c1cccc(N)c1. The zero-order valence-electron chi connectivity index (χ0n) is 7.62. The molecule has 0 radical (unpaired) electrons. The third-order valence-corrected chi connectivity index (χ3v) is 1.90. The molecule has 0 amide bonds. The molecule has 0 aliphatic heterocycles. The van der Waals surface area contributed by atoms with Crippen molar-refractivity contribution < 1.29 is 0 Å². The van der Waals surface area contributed by atoms with Gasteiger partial charge in [-0.1, -0.05) is 12.1 Å². The number of anilines is 1. The Morgan fingerprint density at radius 1 is 1.62 bits per heavy atom. The van der Waals surface area contributed by atoms with Crippen molar-refractivity contribution in [1.29, 1.82) is 5.26 Å². The molecule has 0 spiro atoms. The van der Waals surface area contributed by atoms with Crippen LogP contribution in [-0.2, 0) is 0 Å². The average Bonchev–Trinajstić information content (AvgIpc) is 2.14. The van der Waals surface area contributed by atoms with Gasteiger partial charge in [-0.25, -0.2) is 0 Å². The molecular formula is C10H13N3. The van der Waals surface area contributed by atoms with E-state index in [1.807, 2.05) is 37.3 Å². The van der Waals surface area contributed by atoms with Crippen molar-refractivity contribution in [2.24, 2.45) is 0 Å². The summed E-state index contributed by atoms with van der Waals surface area (Å²) in [6.07, 6.45) is 0. The molecule has 0 aliphatic rings. The van der Waals surface area contributed by atoms with Gasteiger partial charge in [0, 0.05) is 11.7 Å². The van der Waals surface area contributed by atoms with Crippen molar-refractivity contribution in [2.45, 2.75) is 13.0 Å². The lowest BCUT2D eigenvalue weighted by atomic mass is 10.1. The Bertz CT molecular complexity index is 314. The average molecular weight is 175 g/mol. The van der Waals surface area contributed by atoms with E-state index in [-0.39, 0.29) is 6.04 Å². The van der Waals surface area contributed by atoms with Crippen molar-refractivity contribution in [2.75, 3.05) is 12.3 Å². The molecule has 0 saturated heterocycles. The summed E-state index contributed by atoms with van der Waals surface area (Å²) in [7, 11) is 0. The van der Waals surface area contributed by atoms with Crippen LogP contribution in [0.25, 0.3) is 0 Å². The fourth-order valence-electron chi connectivity index (χ4n) is 1.14. The zero-order chi connectivity index (χ0) is 9.68. The van der Waals surface area contributed by atoms with Crippen LogP contribution >= 0.6 is 0 Å². The number of hydrogen-bond donors (Lipinski definition) is 2. The standard InChI is InChI=1S/C10H13N3/c1-8(13-6-5-11)9-3-2-4-10(12)7-9/h2-4,7-8,13H,6,12H2,1H3. The zero-order valence-corrected chi connectivity index (χ0v) is 7.62. The first kappa shape index (κ1) is 9.56. The number of benzene rings is 1. The van der Waals surface area contributed by atoms with Crippen molar-refractivity contribution in [3.05, 3.63) is 29.8 Å². The molecule has 1 unspecified atom stereocenters. The van der Waals surface area contributed by atoms with Crippen LogP contribution in [0, 0.1) is 11.3 Å². The normalized spacial score (nSPS) is 12.0. The summed E-state index contributed by atoms with van der Waals surface area (Å²) < 4.78 is 0. The van der Waals surface area contributed by atoms with Crippen LogP contribution in [0.4, 0.5) is 5.69 Å². The molecule has 1 aromatic carbocycles. The quantitative estimate of drug-likeness (QED) is 0.539. The Balaban J connectivity index is 2.66. The number of nitrogen functional groups attached to an aromatic ring is 1. The highest BCUT2D eigenvalue weighted by Gasteiger charge is 2.02. The Kier molecular flexibility index (Phi) is 3.30. The van der Waals surface area contributed by atoms with Crippen LogP contribution in [0.5, 0.6) is 0 Å². The molecule has 3 heteroatoms. The van der Waals surface area contributed by atoms with Gasteiger partial charge in [0.05, 0.1) is 12.6 Å².